The van der Waals surface area contributed by atoms with Crippen LogP contribution in [0.4, 0.5) is 0 Å². The Bertz CT molecular complexity index is 182. The molecule has 1 rings (SSSR count). The van der Waals surface area contributed by atoms with Crippen molar-refractivity contribution in [3.05, 3.63) is 0 Å². The first-order valence-corrected chi connectivity index (χ1v) is 3.97. The highest BCUT2D eigenvalue weighted by Gasteiger charge is 2.50. The van der Waals surface area contributed by atoms with Gasteiger partial charge in [-0.15, -0.1) is 0 Å². The van der Waals surface area contributed by atoms with Crippen LogP contribution in [0.1, 0.15) is 6.92 Å². The van der Waals surface area contributed by atoms with Gasteiger partial charge in [0, 0.05) is 0 Å². The van der Waals surface area contributed by atoms with Crippen LogP contribution in [-0.4, -0.2) is 62.3 Å². The van der Waals surface area contributed by atoms with Crippen molar-refractivity contribution < 1.29 is 30.3 Å². The predicted molar refractivity (Wildman–Crippen MR) is 40.6 cm³/mol. The van der Waals surface area contributed by atoms with Gasteiger partial charge in [-0.1, -0.05) is 0 Å². The zero-order chi connectivity index (χ0) is 10.2. The zero-order valence-corrected chi connectivity index (χ0v) is 7.16. The van der Waals surface area contributed by atoms with Crippen LogP contribution >= 0.6 is 0 Å². The maximum atomic E-state index is 9.29. The van der Waals surface area contributed by atoms with Crippen LogP contribution < -0.4 is 0 Å². The quantitative estimate of drug-likeness (QED) is 0.303. The molecule has 0 amide bonds. The second-order valence-electron chi connectivity index (χ2n) is 3.28. The van der Waals surface area contributed by atoms with Crippen LogP contribution in [0.5, 0.6) is 0 Å². The van der Waals surface area contributed by atoms with Gasteiger partial charge in [0.1, 0.15) is 18.3 Å². The summed E-state index contributed by atoms with van der Waals surface area (Å²) < 4.78 is 4.88. The van der Waals surface area contributed by atoms with Crippen LogP contribution in [-0.2, 0) is 4.74 Å². The summed E-state index contributed by atoms with van der Waals surface area (Å²) in [7, 11) is 0. The predicted octanol–water partition coefficient (Wildman–Crippen LogP) is -2.83. The van der Waals surface area contributed by atoms with Gasteiger partial charge in [0.15, 0.2) is 0 Å². The molecule has 6 nitrogen and oxygen atoms in total. The van der Waals surface area contributed by atoms with E-state index >= 15 is 0 Å². The van der Waals surface area contributed by atoms with E-state index < -0.39 is 36.8 Å². The molecule has 6 heteroatoms. The molecule has 1 fully saturated rings. The molecule has 0 aromatic rings. The van der Waals surface area contributed by atoms with Crippen LogP contribution in [0.2, 0.25) is 0 Å². The average molecular weight is 194 g/mol. The number of hydrogen-bond acceptors (Lipinski definition) is 6. The molecule has 78 valence electrons. The first kappa shape index (κ1) is 10.8. The Morgan fingerprint density at radius 1 is 1.23 bits per heavy atom. The van der Waals surface area contributed by atoms with E-state index in [1.165, 1.54) is 6.92 Å². The summed E-state index contributed by atoms with van der Waals surface area (Å²) in [5.41, 5.74) is 0. The Labute approximate surface area is 75.0 Å². The van der Waals surface area contributed by atoms with Gasteiger partial charge in [-0.25, -0.2) is 0 Å². The van der Waals surface area contributed by atoms with Gasteiger partial charge in [0.05, 0.1) is 12.7 Å². The van der Waals surface area contributed by atoms with Crippen molar-refractivity contribution in [3.8, 4) is 0 Å². The monoisotopic (exact) mass is 194 g/mol. The molecular formula is C7H14O6. The summed E-state index contributed by atoms with van der Waals surface area (Å²) in [5, 5.41) is 45.4. The van der Waals surface area contributed by atoms with Crippen molar-refractivity contribution in [2.45, 2.75) is 37.1 Å². The minimum absolute atomic E-state index is 0.690. The SMILES string of the molecule is C[C@@H]1O[C@H](C(O)(O)CO)[C@H](O)C1O. The number of ether oxygens (including phenoxy) is 1. The average Bonchev–Trinajstić information content (AvgIpc) is 2.33. The highest BCUT2D eigenvalue weighted by atomic mass is 16.6. The van der Waals surface area contributed by atoms with Gasteiger partial charge in [-0.05, 0) is 6.92 Å². The first-order valence-electron chi connectivity index (χ1n) is 3.97. The van der Waals surface area contributed by atoms with Crippen molar-refractivity contribution in [3.63, 3.8) is 0 Å². The molecule has 0 aromatic carbocycles. The lowest BCUT2D eigenvalue weighted by atomic mass is 10.0. The molecule has 1 heterocycles. The number of aliphatic hydroxyl groups excluding tert-OH is 3. The highest BCUT2D eigenvalue weighted by molar-refractivity contribution is 4.95. The Morgan fingerprint density at radius 2 is 1.77 bits per heavy atom. The second kappa shape index (κ2) is 3.49. The second-order valence-corrected chi connectivity index (χ2v) is 3.28. The molecule has 0 radical (unpaired) electrons. The molecule has 0 aliphatic carbocycles. The van der Waals surface area contributed by atoms with Gasteiger partial charge in [-0.2, -0.15) is 0 Å². The van der Waals surface area contributed by atoms with E-state index in [1.54, 1.807) is 0 Å². The maximum Gasteiger partial charge on any atom is 0.216 e. The van der Waals surface area contributed by atoms with E-state index in [-0.39, 0.29) is 0 Å². The van der Waals surface area contributed by atoms with Gasteiger partial charge in [0.2, 0.25) is 5.79 Å². The minimum atomic E-state index is -2.52. The lowest BCUT2D eigenvalue weighted by Crippen LogP contribution is -2.51. The largest absolute Gasteiger partial charge is 0.391 e. The highest BCUT2D eigenvalue weighted by Crippen LogP contribution is 2.27. The fourth-order valence-corrected chi connectivity index (χ4v) is 1.32. The molecule has 0 saturated carbocycles. The molecule has 1 unspecified atom stereocenters. The third-order valence-electron chi connectivity index (χ3n) is 2.19. The van der Waals surface area contributed by atoms with E-state index in [0.717, 1.165) is 0 Å². The summed E-state index contributed by atoms with van der Waals surface area (Å²) in [4.78, 5) is 0. The van der Waals surface area contributed by atoms with Crippen molar-refractivity contribution in [2.24, 2.45) is 0 Å². The fourth-order valence-electron chi connectivity index (χ4n) is 1.32. The maximum absolute atomic E-state index is 9.29. The van der Waals surface area contributed by atoms with Crippen molar-refractivity contribution in [2.75, 3.05) is 6.61 Å². The molecular weight excluding hydrogens is 180 g/mol. The lowest BCUT2D eigenvalue weighted by molar-refractivity contribution is -0.263. The van der Waals surface area contributed by atoms with Crippen molar-refractivity contribution in [1.29, 1.82) is 0 Å². The lowest BCUT2D eigenvalue weighted by Gasteiger charge is -2.27. The van der Waals surface area contributed by atoms with Gasteiger partial charge in [0.25, 0.3) is 0 Å². The Hall–Kier alpha value is -0.240. The normalized spacial score (nSPS) is 41.1. The molecule has 5 N–H and O–H groups in total. The summed E-state index contributed by atoms with van der Waals surface area (Å²) in [6.45, 7) is 0.523. The van der Waals surface area contributed by atoms with Crippen LogP contribution in [0.15, 0.2) is 0 Å². The topological polar surface area (TPSA) is 110 Å². The Kier molecular flexibility index (Phi) is 2.91. The van der Waals surface area contributed by atoms with Gasteiger partial charge >= 0.3 is 0 Å². The van der Waals surface area contributed by atoms with E-state index in [2.05, 4.69) is 0 Å². The van der Waals surface area contributed by atoms with Crippen LogP contribution in [0.3, 0.4) is 0 Å². The zero-order valence-electron chi connectivity index (χ0n) is 7.16. The summed E-state index contributed by atoms with van der Waals surface area (Å²) in [6, 6.07) is 0. The number of rotatable bonds is 2. The van der Waals surface area contributed by atoms with E-state index in [4.69, 9.17) is 20.1 Å². The third kappa shape index (κ3) is 1.83. The van der Waals surface area contributed by atoms with E-state index in [0.29, 0.717) is 0 Å². The van der Waals surface area contributed by atoms with Crippen LogP contribution in [0.25, 0.3) is 0 Å². The molecule has 0 spiro atoms. The fraction of sp³-hybridized carbons (Fsp3) is 1.00. The molecule has 0 aromatic heterocycles. The summed E-state index contributed by atoms with van der Waals surface area (Å²) >= 11 is 0. The third-order valence-corrected chi connectivity index (χ3v) is 2.19. The molecule has 13 heavy (non-hydrogen) atoms. The molecule has 1 saturated heterocycles. The Balaban J connectivity index is 2.73. The summed E-state index contributed by atoms with van der Waals surface area (Å²) in [6.07, 6.45) is -4.65. The molecule has 1 aliphatic heterocycles. The van der Waals surface area contributed by atoms with Crippen molar-refractivity contribution >= 4 is 0 Å². The van der Waals surface area contributed by atoms with Gasteiger partial charge in [-0.3, -0.25) is 0 Å². The molecule has 1 aliphatic rings. The van der Waals surface area contributed by atoms with Crippen molar-refractivity contribution in [1.82, 2.24) is 0 Å². The molecule has 4 atom stereocenters. The first-order chi connectivity index (χ1) is 5.90. The number of hydrogen-bond donors (Lipinski definition) is 5. The number of aliphatic hydroxyl groups is 5. The standard InChI is InChI=1S/C7H14O6/c1-3-4(9)5(10)6(13-3)7(11,12)2-8/h3-6,8-12H,2H2,1H3/t3-,4?,5+,6-/m0/s1. The summed E-state index contributed by atoms with van der Waals surface area (Å²) in [5.74, 6) is -2.52. The molecule has 0 bridgehead atoms. The van der Waals surface area contributed by atoms with Gasteiger partial charge < -0.3 is 30.3 Å². The smallest absolute Gasteiger partial charge is 0.216 e. The minimum Gasteiger partial charge on any atom is -0.391 e. The van der Waals surface area contributed by atoms with E-state index in [1.807, 2.05) is 0 Å². The van der Waals surface area contributed by atoms with E-state index in [9.17, 15) is 10.2 Å². The Morgan fingerprint density at radius 3 is 2.08 bits per heavy atom. The van der Waals surface area contributed by atoms with Crippen LogP contribution in [0, 0.1) is 0 Å².